The number of hydrogen-bond donors (Lipinski definition) is 0. The van der Waals surface area contributed by atoms with Crippen LogP contribution in [0.15, 0.2) is 69.4 Å². The zero-order chi connectivity index (χ0) is 19.6. The third-order valence-electron chi connectivity index (χ3n) is 5.46. The summed E-state index contributed by atoms with van der Waals surface area (Å²) in [6.07, 6.45) is 3.48. The van der Waals surface area contributed by atoms with Crippen LogP contribution >= 0.6 is 11.3 Å². The number of aromatic nitrogens is 1. The molecule has 0 aliphatic carbocycles. The Bertz CT molecular complexity index is 1140. The van der Waals surface area contributed by atoms with Gasteiger partial charge in [0.1, 0.15) is 5.58 Å². The van der Waals surface area contributed by atoms with Crippen LogP contribution in [0.3, 0.4) is 0 Å². The number of rotatable bonds is 5. The van der Waals surface area contributed by atoms with Gasteiger partial charge in [-0.1, -0.05) is 37.3 Å². The molecule has 3 heterocycles. The Morgan fingerprint density at radius 2 is 2.00 bits per heavy atom. The van der Waals surface area contributed by atoms with Crippen LogP contribution in [-0.2, 0) is 17.7 Å². The summed E-state index contributed by atoms with van der Waals surface area (Å²) in [5.74, 6) is 0.878. The van der Waals surface area contributed by atoms with Crippen molar-refractivity contribution in [2.75, 3.05) is 6.61 Å². The predicted octanol–water partition coefficient (Wildman–Crippen LogP) is 5.94. The van der Waals surface area contributed by atoms with Gasteiger partial charge >= 0.3 is 0 Å². The first kappa shape index (κ1) is 18.4. The molecule has 2 aromatic heterocycles. The third kappa shape index (κ3) is 3.80. The van der Waals surface area contributed by atoms with E-state index < -0.39 is 0 Å². The second kappa shape index (κ2) is 8.01. The normalized spacial score (nSPS) is 17.4. The first-order chi connectivity index (χ1) is 14.3. The van der Waals surface area contributed by atoms with Crippen molar-refractivity contribution in [3.63, 3.8) is 0 Å². The van der Waals surface area contributed by atoms with Gasteiger partial charge in [-0.2, -0.15) is 0 Å². The lowest BCUT2D eigenvalue weighted by atomic mass is 10.2. The van der Waals surface area contributed by atoms with Crippen LogP contribution < -0.4 is 4.80 Å². The van der Waals surface area contributed by atoms with Gasteiger partial charge in [0.15, 0.2) is 10.6 Å². The number of fused-ring (bicyclic) bond motifs is 1. The summed E-state index contributed by atoms with van der Waals surface area (Å²) in [6.45, 7) is 3.81. The predicted molar refractivity (Wildman–Crippen MR) is 118 cm³/mol. The average molecular weight is 405 g/mol. The van der Waals surface area contributed by atoms with Crippen molar-refractivity contribution in [2.45, 2.75) is 38.8 Å². The van der Waals surface area contributed by atoms with E-state index in [1.54, 1.807) is 11.3 Å². The van der Waals surface area contributed by atoms with Crippen molar-refractivity contribution in [1.82, 2.24) is 4.57 Å². The molecule has 29 heavy (non-hydrogen) atoms. The molecule has 5 rings (SSSR count). The number of thiazole rings is 1. The number of aryl methyl sites for hydroxylation is 1. The molecule has 5 heteroatoms. The van der Waals surface area contributed by atoms with Crippen LogP contribution in [0.25, 0.3) is 22.4 Å². The molecule has 1 aliphatic heterocycles. The van der Waals surface area contributed by atoms with Crippen molar-refractivity contribution in [2.24, 2.45) is 4.99 Å². The lowest BCUT2D eigenvalue weighted by Gasteiger charge is -2.13. The molecule has 0 bridgehead atoms. The molecule has 2 aromatic carbocycles. The Hall–Kier alpha value is -2.63. The fourth-order valence-electron chi connectivity index (χ4n) is 3.81. The highest BCUT2D eigenvalue weighted by molar-refractivity contribution is 7.07. The van der Waals surface area contributed by atoms with E-state index in [9.17, 15) is 0 Å². The Morgan fingerprint density at radius 3 is 2.76 bits per heavy atom. The number of furan rings is 1. The molecule has 4 nitrogen and oxygen atoms in total. The van der Waals surface area contributed by atoms with Crippen molar-refractivity contribution in [3.8, 4) is 11.5 Å². The molecule has 0 spiro atoms. The molecule has 1 atom stereocenters. The van der Waals surface area contributed by atoms with Crippen LogP contribution in [0.4, 0.5) is 5.69 Å². The molecule has 1 aliphatic rings. The summed E-state index contributed by atoms with van der Waals surface area (Å²) in [7, 11) is 0. The molecule has 0 amide bonds. The van der Waals surface area contributed by atoms with Crippen molar-refractivity contribution in [3.05, 3.63) is 70.3 Å². The molecule has 0 radical (unpaired) electrons. The lowest BCUT2D eigenvalue weighted by Crippen LogP contribution is -2.23. The number of hydrogen-bond acceptors (Lipinski definition) is 4. The zero-order valence-electron chi connectivity index (χ0n) is 16.5. The van der Waals surface area contributed by atoms with E-state index in [1.807, 2.05) is 18.2 Å². The van der Waals surface area contributed by atoms with Crippen LogP contribution in [0, 0.1) is 0 Å². The van der Waals surface area contributed by atoms with Crippen molar-refractivity contribution < 1.29 is 9.15 Å². The van der Waals surface area contributed by atoms with Crippen molar-refractivity contribution in [1.29, 1.82) is 0 Å². The first-order valence-corrected chi connectivity index (χ1v) is 11.1. The molecule has 4 aromatic rings. The molecule has 1 saturated heterocycles. The smallest absolute Gasteiger partial charge is 0.190 e. The fourth-order valence-corrected chi connectivity index (χ4v) is 4.73. The second-order valence-electron chi connectivity index (χ2n) is 7.43. The monoisotopic (exact) mass is 404 g/mol. The second-order valence-corrected chi connectivity index (χ2v) is 8.27. The molecular weight excluding hydrogens is 380 g/mol. The van der Waals surface area contributed by atoms with E-state index in [-0.39, 0.29) is 6.10 Å². The molecule has 148 valence electrons. The molecule has 1 fully saturated rings. The van der Waals surface area contributed by atoms with Crippen molar-refractivity contribution >= 4 is 28.0 Å². The van der Waals surface area contributed by atoms with Crippen LogP contribution in [0.5, 0.6) is 0 Å². The van der Waals surface area contributed by atoms with Gasteiger partial charge in [-0.25, -0.2) is 4.99 Å². The summed E-state index contributed by atoms with van der Waals surface area (Å²) in [4.78, 5) is 5.92. The summed E-state index contributed by atoms with van der Waals surface area (Å²) >= 11 is 1.65. The minimum atomic E-state index is 0.231. The van der Waals surface area contributed by atoms with Crippen LogP contribution in [-0.4, -0.2) is 17.3 Å². The largest absolute Gasteiger partial charge is 0.454 e. The topological polar surface area (TPSA) is 39.7 Å². The van der Waals surface area contributed by atoms with E-state index in [0.717, 1.165) is 65.3 Å². The third-order valence-corrected chi connectivity index (χ3v) is 6.32. The summed E-state index contributed by atoms with van der Waals surface area (Å²) in [5, 5.41) is 3.26. The Kier molecular flexibility index (Phi) is 5.08. The van der Waals surface area contributed by atoms with Gasteiger partial charge < -0.3 is 13.7 Å². The van der Waals surface area contributed by atoms with Crippen LogP contribution in [0.2, 0.25) is 0 Å². The summed E-state index contributed by atoms with van der Waals surface area (Å²) in [5.41, 5.74) is 4.27. The first-order valence-electron chi connectivity index (χ1n) is 10.2. The lowest BCUT2D eigenvalue weighted by molar-refractivity contribution is 0.0967. The SMILES string of the molecule is CCc1ccc(N=c2scc(-c3cc4ccccc4o3)n2C[C@H]2CCCO2)cc1. The Morgan fingerprint density at radius 1 is 1.14 bits per heavy atom. The minimum absolute atomic E-state index is 0.231. The van der Waals surface area contributed by atoms with E-state index in [0.29, 0.717) is 0 Å². The minimum Gasteiger partial charge on any atom is -0.454 e. The van der Waals surface area contributed by atoms with Gasteiger partial charge in [0.2, 0.25) is 0 Å². The van der Waals surface area contributed by atoms with Crippen LogP contribution in [0.1, 0.15) is 25.3 Å². The standard InChI is InChI=1S/C24H24N2O2S/c1-2-17-9-11-19(12-10-17)25-24-26(15-20-7-5-13-27-20)21(16-29-24)23-14-18-6-3-4-8-22(18)28-23/h3-4,6,8-12,14,16,20H,2,5,7,13,15H2,1H3/t20-/m1/s1. The summed E-state index contributed by atoms with van der Waals surface area (Å²) < 4.78 is 14.3. The van der Waals surface area contributed by atoms with Gasteiger partial charge in [0, 0.05) is 17.4 Å². The quantitative estimate of drug-likeness (QED) is 0.413. The number of ether oxygens (including phenoxy) is 1. The number of para-hydroxylation sites is 1. The highest BCUT2D eigenvalue weighted by Gasteiger charge is 2.20. The van der Waals surface area contributed by atoms with Gasteiger partial charge in [-0.3, -0.25) is 0 Å². The maximum absolute atomic E-state index is 6.16. The molecule has 0 saturated carbocycles. The number of nitrogens with zero attached hydrogens (tertiary/aromatic N) is 2. The Balaban J connectivity index is 1.59. The Labute approximate surface area is 174 Å². The van der Waals surface area contributed by atoms with Gasteiger partial charge in [-0.15, -0.1) is 11.3 Å². The maximum atomic E-state index is 6.16. The fraction of sp³-hybridized carbons (Fsp3) is 0.292. The van der Waals surface area contributed by atoms with Gasteiger partial charge in [0.25, 0.3) is 0 Å². The van der Waals surface area contributed by atoms with E-state index in [1.165, 1.54) is 5.56 Å². The summed E-state index contributed by atoms with van der Waals surface area (Å²) in [6, 6.07) is 18.7. The highest BCUT2D eigenvalue weighted by Crippen LogP contribution is 2.29. The van der Waals surface area contributed by atoms with E-state index in [4.69, 9.17) is 14.1 Å². The molecule has 0 N–H and O–H groups in total. The highest BCUT2D eigenvalue weighted by atomic mass is 32.1. The number of benzene rings is 2. The zero-order valence-corrected chi connectivity index (χ0v) is 17.3. The van der Waals surface area contributed by atoms with E-state index in [2.05, 4.69) is 53.3 Å². The maximum Gasteiger partial charge on any atom is 0.190 e. The average Bonchev–Trinajstić information content (AvgIpc) is 3.49. The van der Waals surface area contributed by atoms with Gasteiger partial charge in [0.05, 0.1) is 24.0 Å². The van der Waals surface area contributed by atoms with E-state index >= 15 is 0 Å². The molecule has 0 unspecified atom stereocenters. The van der Waals surface area contributed by atoms with Gasteiger partial charge in [-0.05, 0) is 49.1 Å². The molecular formula is C24H24N2O2S.